The van der Waals surface area contributed by atoms with Gasteiger partial charge in [-0.1, -0.05) is 31.5 Å². The fraction of sp³-hybridized carbons (Fsp3) is 0.538. The summed E-state index contributed by atoms with van der Waals surface area (Å²) in [5.74, 6) is 0. The van der Waals surface area contributed by atoms with Crippen molar-refractivity contribution < 1.29 is 4.92 Å². The number of nitrogens with zero attached hydrogens (tertiary/aromatic N) is 1. The minimum Gasteiger partial charge on any atom is -0.325 e. The van der Waals surface area contributed by atoms with Crippen LogP contribution in [-0.4, -0.2) is 10.5 Å². The summed E-state index contributed by atoms with van der Waals surface area (Å²) in [6.45, 7) is 4.10. The highest BCUT2D eigenvalue weighted by atomic mass is 16.6. The van der Waals surface area contributed by atoms with Gasteiger partial charge in [0.15, 0.2) is 0 Å². The maximum atomic E-state index is 10.8. The zero-order valence-electron chi connectivity index (χ0n) is 10.5. The van der Waals surface area contributed by atoms with Gasteiger partial charge in [-0.2, -0.15) is 0 Å². The zero-order chi connectivity index (χ0) is 12.9. The van der Waals surface area contributed by atoms with Crippen molar-refractivity contribution in [3.05, 3.63) is 39.9 Å². The van der Waals surface area contributed by atoms with Gasteiger partial charge in [0.2, 0.25) is 0 Å². The van der Waals surface area contributed by atoms with E-state index in [-0.39, 0.29) is 16.1 Å². The normalized spacial score (nSPS) is 14.3. The molecule has 0 aromatic heterocycles. The number of benzene rings is 1. The second-order valence-corrected chi connectivity index (χ2v) is 4.79. The van der Waals surface area contributed by atoms with Crippen molar-refractivity contribution in [1.29, 1.82) is 0 Å². The van der Waals surface area contributed by atoms with E-state index in [2.05, 4.69) is 6.92 Å². The van der Waals surface area contributed by atoms with E-state index in [4.69, 9.17) is 5.73 Å². The van der Waals surface area contributed by atoms with E-state index >= 15 is 0 Å². The van der Waals surface area contributed by atoms with Crippen LogP contribution >= 0.6 is 0 Å². The second kappa shape index (κ2) is 5.77. The summed E-state index contributed by atoms with van der Waals surface area (Å²) in [4.78, 5) is 10.5. The Labute approximate surface area is 102 Å². The highest BCUT2D eigenvalue weighted by Gasteiger charge is 2.19. The molecule has 1 aromatic carbocycles. The Morgan fingerprint density at radius 1 is 1.35 bits per heavy atom. The molecule has 4 nitrogen and oxygen atoms in total. The van der Waals surface area contributed by atoms with Crippen molar-refractivity contribution in [3.8, 4) is 0 Å². The molecule has 17 heavy (non-hydrogen) atoms. The van der Waals surface area contributed by atoms with Gasteiger partial charge < -0.3 is 5.73 Å². The summed E-state index contributed by atoms with van der Waals surface area (Å²) in [5, 5.41) is 10.8. The van der Waals surface area contributed by atoms with E-state index in [1.54, 1.807) is 18.2 Å². The zero-order valence-corrected chi connectivity index (χ0v) is 10.5. The quantitative estimate of drug-likeness (QED) is 0.609. The maximum absolute atomic E-state index is 10.8. The van der Waals surface area contributed by atoms with Gasteiger partial charge in [-0.3, -0.25) is 10.1 Å². The van der Waals surface area contributed by atoms with Crippen LogP contribution in [0.1, 0.15) is 38.7 Å². The van der Waals surface area contributed by atoms with Crippen molar-refractivity contribution in [3.63, 3.8) is 0 Å². The average Bonchev–Trinajstić information content (AvgIpc) is 2.27. The van der Waals surface area contributed by atoms with Crippen molar-refractivity contribution in [2.45, 2.75) is 45.1 Å². The summed E-state index contributed by atoms with van der Waals surface area (Å²) in [5.41, 5.74) is 6.86. The monoisotopic (exact) mass is 236 g/mol. The van der Waals surface area contributed by atoms with Gasteiger partial charge in [-0.05, 0) is 26.2 Å². The van der Waals surface area contributed by atoms with Gasteiger partial charge >= 0.3 is 0 Å². The predicted octanol–water partition coefficient (Wildman–Crippen LogP) is 3.04. The highest BCUT2D eigenvalue weighted by Crippen LogP contribution is 2.23. The lowest BCUT2D eigenvalue weighted by Gasteiger charge is -2.23. The first-order valence-electron chi connectivity index (χ1n) is 5.97. The van der Waals surface area contributed by atoms with Crippen LogP contribution in [0.3, 0.4) is 0 Å². The van der Waals surface area contributed by atoms with E-state index in [0.717, 1.165) is 24.8 Å². The Bertz CT molecular complexity index is 389. The summed E-state index contributed by atoms with van der Waals surface area (Å²) in [7, 11) is 0. The number of nitro groups is 1. The third-order valence-electron chi connectivity index (χ3n) is 2.97. The van der Waals surface area contributed by atoms with Crippen molar-refractivity contribution in [2.24, 2.45) is 5.73 Å². The van der Waals surface area contributed by atoms with Crippen LogP contribution in [0, 0.1) is 10.1 Å². The first-order valence-corrected chi connectivity index (χ1v) is 5.97. The standard InChI is InChI=1S/C13H20N2O2/c1-3-9-13(2,14)10-8-11-6-4-5-7-12(11)15(16)17/h4-7H,3,8-10,14H2,1-2H3. The third-order valence-corrected chi connectivity index (χ3v) is 2.97. The van der Waals surface area contributed by atoms with Crippen LogP contribution < -0.4 is 5.73 Å². The molecule has 0 spiro atoms. The molecule has 0 bridgehead atoms. The Morgan fingerprint density at radius 2 is 2.00 bits per heavy atom. The lowest BCUT2D eigenvalue weighted by atomic mass is 9.90. The third kappa shape index (κ3) is 4.15. The smallest absolute Gasteiger partial charge is 0.272 e. The molecule has 0 saturated heterocycles. The molecule has 0 heterocycles. The Hall–Kier alpha value is -1.42. The molecule has 0 saturated carbocycles. The van der Waals surface area contributed by atoms with E-state index in [0.29, 0.717) is 6.42 Å². The number of rotatable bonds is 6. The molecule has 0 amide bonds. The SMILES string of the molecule is CCCC(C)(N)CCc1ccccc1[N+](=O)[O-]. The molecule has 4 heteroatoms. The van der Waals surface area contributed by atoms with E-state index in [1.807, 2.05) is 13.0 Å². The van der Waals surface area contributed by atoms with Crippen LogP contribution in [0.2, 0.25) is 0 Å². The number of nitrogens with two attached hydrogens (primary N) is 1. The van der Waals surface area contributed by atoms with Crippen LogP contribution in [-0.2, 0) is 6.42 Å². The van der Waals surface area contributed by atoms with Gasteiger partial charge in [-0.25, -0.2) is 0 Å². The Balaban J connectivity index is 2.72. The number of hydrogen-bond acceptors (Lipinski definition) is 3. The second-order valence-electron chi connectivity index (χ2n) is 4.79. The summed E-state index contributed by atoms with van der Waals surface area (Å²) in [6.07, 6.45) is 3.40. The van der Waals surface area contributed by atoms with Crippen LogP contribution in [0.5, 0.6) is 0 Å². The molecule has 1 unspecified atom stereocenters. The lowest BCUT2D eigenvalue weighted by Crippen LogP contribution is -2.36. The lowest BCUT2D eigenvalue weighted by molar-refractivity contribution is -0.385. The van der Waals surface area contributed by atoms with E-state index in [1.165, 1.54) is 0 Å². The molecular weight excluding hydrogens is 216 g/mol. The molecule has 1 rings (SSSR count). The van der Waals surface area contributed by atoms with Crippen molar-refractivity contribution in [1.82, 2.24) is 0 Å². The van der Waals surface area contributed by atoms with Gasteiger partial charge in [0, 0.05) is 17.2 Å². The minimum absolute atomic E-state index is 0.194. The van der Waals surface area contributed by atoms with Gasteiger partial charge in [0.05, 0.1) is 4.92 Å². The summed E-state index contributed by atoms with van der Waals surface area (Å²) < 4.78 is 0. The highest BCUT2D eigenvalue weighted by molar-refractivity contribution is 5.39. The number of para-hydroxylation sites is 1. The molecule has 0 aliphatic rings. The predicted molar refractivity (Wildman–Crippen MR) is 68.9 cm³/mol. The molecule has 1 aromatic rings. The van der Waals surface area contributed by atoms with Gasteiger partial charge in [-0.15, -0.1) is 0 Å². The van der Waals surface area contributed by atoms with Crippen LogP contribution in [0.25, 0.3) is 0 Å². The Morgan fingerprint density at radius 3 is 2.59 bits per heavy atom. The maximum Gasteiger partial charge on any atom is 0.272 e. The fourth-order valence-electron chi connectivity index (χ4n) is 2.02. The molecule has 0 radical (unpaired) electrons. The number of hydrogen-bond donors (Lipinski definition) is 1. The molecule has 0 aliphatic heterocycles. The molecule has 94 valence electrons. The van der Waals surface area contributed by atoms with Crippen LogP contribution in [0.4, 0.5) is 5.69 Å². The van der Waals surface area contributed by atoms with Gasteiger partial charge in [0.25, 0.3) is 5.69 Å². The molecule has 0 fully saturated rings. The van der Waals surface area contributed by atoms with Gasteiger partial charge in [0.1, 0.15) is 0 Å². The average molecular weight is 236 g/mol. The topological polar surface area (TPSA) is 69.2 Å². The Kier molecular flexibility index (Phi) is 4.63. The number of nitro benzene ring substituents is 1. The molecule has 0 aliphatic carbocycles. The largest absolute Gasteiger partial charge is 0.325 e. The fourth-order valence-corrected chi connectivity index (χ4v) is 2.02. The summed E-state index contributed by atoms with van der Waals surface area (Å²) >= 11 is 0. The van der Waals surface area contributed by atoms with Crippen LogP contribution in [0.15, 0.2) is 24.3 Å². The molecule has 2 N–H and O–H groups in total. The first-order chi connectivity index (χ1) is 7.96. The van der Waals surface area contributed by atoms with E-state index < -0.39 is 0 Å². The van der Waals surface area contributed by atoms with E-state index in [9.17, 15) is 10.1 Å². The van der Waals surface area contributed by atoms with Crippen molar-refractivity contribution in [2.75, 3.05) is 0 Å². The number of aryl methyl sites for hydroxylation is 1. The molecule has 1 atom stereocenters. The summed E-state index contributed by atoms with van der Waals surface area (Å²) in [6, 6.07) is 6.87. The molecular formula is C13H20N2O2. The minimum atomic E-state index is -0.330. The van der Waals surface area contributed by atoms with Crippen molar-refractivity contribution >= 4 is 5.69 Å². The first kappa shape index (κ1) is 13.6.